The third-order valence-corrected chi connectivity index (χ3v) is 8.60. The summed E-state index contributed by atoms with van der Waals surface area (Å²) in [7, 11) is 0. The van der Waals surface area contributed by atoms with Gasteiger partial charge in [0, 0.05) is 38.8 Å². The van der Waals surface area contributed by atoms with Crippen LogP contribution in [-0.4, -0.2) is 41.0 Å². The molecule has 2 amide bonds. The van der Waals surface area contributed by atoms with Crippen molar-refractivity contribution in [1.82, 2.24) is 10.2 Å². The van der Waals surface area contributed by atoms with E-state index in [0.717, 1.165) is 39.4 Å². The number of phenolic OH excluding ortho intramolecular Hbond substituents is 1. The van der Waals surface area contributed by atoms with Gasteiger partial charge < -0.3 is 21.1 Å². The van der Waals surface area contributed by atoms with Crippen LogP contribution in [0, 0.1) is 13.8 Å². The maximum absolute atomic E-state index is 13.7. The molecule has 4 N–H and O–H groups in total. The summed E-state index contributed by atoms with van der Waals surface area (Å²) in [4.78, 5) is 29.4. The number of fused-ring (bicyclic) bond motifs is 2. The lowest BCUT2D eigenvalue weighted by atomic mass is 9.92. The summed E-state index contributed by atoms with van der Waals surface area (Å²) in [6, 6.07) is 12.1. The predicted octanol–water partition coefficient (Wildman–Crippen LogP) is 5.07. The Balaban J connectivity index is 1.36. The molecule has 7 nitrogen and oxygen atoms in total. The number of nitrogens with two attached hydrogens (primary N) is 1. The van der Waals surface area contributed by atoms with E-state index in [4.69, 9.17) is 5.73 Å². The zero-order chi connectivity index (χ0) is 31.1. The van der Waals surface area contributed by atoms with Crippen LogP contribution in [0.2, 0.25) is 0 Å². The highest BCUT2D eigenvalue weighted by atomic mass is 19.4. The first-order chi connectivity index (χ1) is 20.3. The van der Waals surface area contributed by atoms with Gasteiger partial charge in [-0.3, -0.25) is 14.5 Å². The van der Waals surface area contributed by atoms with Crippen LogP contribution < -0.4 is 16.0 Å². The molecule has 3 aromatic rings. The van der Waals surface area contributed by atoms with Crippen molar-refractivity contribution in [3.8, 4) is 5.75 Å². The van der Waals surface area contributed by atoms with E-state index in [1.54, 1.807) is 23.1 Å². The number of alkyl halides is 3. The number of amides is 2. The molecule has 0 aliphatic carbocycles. The zero-order valence-electron chi connectivity index (χ0n) is 24.6. The van der Waals surface area contributed by atoms with Crippen LogP contribution in [-0.2, 0) is 41.7 Å². The van der Waals surface area contributed by atoms with Crippen LogP contribution in [0.3, 0.4) is 0 Å². The molecule has 0 fully saturated rings. The molecule has 2 aliphatic rings. The van der Waals surface area contributed by atoms with Crippen molar-refractivity contribution in [2.24, 2.45) is 5.73 Å². The van der Waals surface area contributed by atoms with Gasteiger partial charge in [-0.05, 0) is 96.3 Å². The van der Waals surface area contributed by atoms with Gasteiger partial charge in [-0.15, -0.1) is 0 Å². The molecular formula is C33H37F3N4O3. The lowest BCUT2D eigenvalue weighted by molar-refractivity contribution is -0.138. The standard InChI is InChI=1S/C33H37F3N4O3/c1-19-13-24(42)14-20(2)25(19)16-29(37)32(43)38-30-10-12-40(21(3)41)31-8-7-22(15-26(30)31)17-39-11-9-23-5-4-6-28(27(23)18-39)33(34,35)36/h4-8,13-15,29-30,42H,9-12,16-18,37H2,1-3H3,(H,38,43). The number of carbonyl (C=O) groups is 2. The van der Waals surface area contributed by atoms with E-state index in [1.165, 1.54) is 13.0 Å². The summed E-state index contributed by atoms with van der Waals surface area (Å²) < 4.78 is 41.1. The number of halogens is 3. The van der Waals surface area contributed by atoms with Gasteiger partial charge in [0.2, 0.25) is 11.8 Å². The highest BCUT2D eigenvalue weighted by Gasteiger charge is 2.36. The fraction of sp³-hybridized carbons (Fsp3) is 0.394. The van der Waals surface area contributed by atoms with E-state index in [-0.39, 0.29) is 30.2 Å². The Hall–Kier alpha value is -3.89. The molecule has 228 valence electrons. The minimum absolute atomic E-state index is 0.110. The van der Waals surface area contributed by atoms with E-state index in [9.17, 15) is 27.9 Å². The lowest BCUT2D eigenvalue weighted by Crippen LogP contribution is -2.46. The van der Waals surface area contributed by atoms with Crippen LogP contribution in [0.25, 0.3) is 0 Å². The molecule has 43 heavy (non-hydrogen) atoms. The van der Waals surface area contributed by atoms with E-state index in [0.29, 0.717) is 50.1 Å². The Morgan fingerprint density at radius 1 is 1.09 bits per heavy atom. The fourth-order valence-electron chi connectivity index (χ4n) is 6.42. The molecule has 10 heteroatoms. The topological polar surface area (TPSA) is 98.9 Å². The summed E-state index contributed by atoms with van der Waals surface area (Å²) in [5, 5.41) is 12.9. The second kappa shape index (κ2) is 12.0. The van der Waals surface area contributed by atoms with Crippen LogP contribution in [0.15, 0.2) is 48.5 Å². The molecule has 2 heterocycles. The maximum Gasteiger partial charge on any atom is 0.416 e. The molecular weight excluding hydrogens is 557 g/mol. The molecule has 3 aromatic carbocycles. The van der Waals surface area contributed by atoms with Crippen molar-refractivity contribution in [3.63, 3.8) is 0 Å². The molecule has 0 spiro atoms. The summed E-state index contributed by atoms with van der Waals surface area (Å²) in [5.41, 5.74) is 11.8. The van der Waals surface area contributed by atoms with Gasteiger partial charge in [-0.25, -0.2) is 0 Å². The second-order valence-corrected chi connectivity index (χ2v) is 11.7. The summed E-state index contributed by atoms with van der Waals surface area (Å²) in [5.74, 6) is -0.270. The van der Waals surface area contributed by atoms with E-state index >= 15 is 0 Å². The van der Waals surface area contributed by atoms with Crippen molar-refractivity contribution in [2.75, 3.05) is 18.0 Å². The average Bonchev–Trinajstić information content (AvgIpc) is 2.94. The molecule has 0 saturated heterocycles. The smallest absolute Gasteiger partial charge is 0.416 e. The van der Waals surface area contributed by atoms with Crippen molar-refractivity contribution in [2.45, 2.75) is 71.4 Å². The Bertz CT molecular complexity index is 1530. The number of carbonyl (C=O) groups excluding carboxylic acids is 2. The maximum atomic E-state index is 13.7. The number of aromatic hydroxyl groups is 1. The number of anilines is 1. The molecule has 0 bridgehead atoms. The zero-order valence-corrected chi connectivity index (χ0v) is 24.6. The number of hydrogen-bond acceptors (Lipinski definition) is 5. The van der Waals surface area contributed by atoms with Crippen molar-refractivity contribution in [1.29, 1.82) is 0 Å². The van der Waals surface area contributed by atoms with Gasteiger partial charge >= 0.3 is 6.18 Å². The van der Waals surface area contributed by atoms with Gasteiger partial charge in [-0.2, -0.15) is 13.2 Å². The number of aryl methyl sites for hydroxylation is 2. The van der Waals surface area contributed by atoms with E-state index in [1.807, 2.05) is 36.9 Å². The Labute approximate surface area is 249 Å². The molecule has 2 atom stereocenters. The molecule has 0 radical (unpaired) electrons. The van der Waals surface area contributed by atoms with Gasteiger partial charge in [0.05, 0.1) is 17.6 Å². The predicted molar refractivity (Wildman–Crippen MR) is 158 cm³/mol. The minimum Gasteiger partial charge on any atom is -0.508 e. The van der Waals surface area contributed by atoms with Crippen molar-refractivity contribution in [3.05, 3.63) is 93.0 Å². The number of hydrogen-bond donors (Lipinski definition) is 3. The monoisotopic (exact) mass is 594 g/mol. The Morgan fingerprint density at radius 2 is 1.81 bits per heavy atom. The van der Waals surface area contributed by atoms with Crippen LogP contribution in [0.1, 0.15) is 63.9 Å². The Kier molecular flexibility index (Phi) is 8.54. The molecule has 2 aliphatic heterocycles. The lowest BCUT2D eigenvalue weighted by Gasteiger charge is -2.35. The highest BCUT2D eigenvalue weighted by molar-refractivity contribution is 5.93. The quantitative estimate of drug-likeness (QED) is 0.370. The summed E-state index contributed by atoms with van der Waals surface area (Å²) in [6.07, 6.45) is -3.09. The normalized spacial score (nSPS) is 17.7. The Morgan fingerprint density at radius 3 is 2.49 bits per heavy atom. The van der Waals surface area contributed by atoms with Crippen LogP contribution in [0.5, 0.6) is 5.75 Å². The highest BCUT2D eigenvalue weighted by Crippen LogP contribution is 2.38. The summed E-state index contributed by atoms with van der Waals surface area (Å²) >= 11 is 0. The number of phenols is 1. The number of nitrogens with one attached hydrogen (secondary N) is 1. The minimum atomic E-state index is -4.41. The van der Waals surface area contributed by atoms with E-state index in [2.05, 4.69) is 5.32 Å². The average molecular weight is 595 g/mol. The van der Waals surface area contributed by atoms with Crippen LogP contribution in [0.4, 0.5) is 18.9 Å². The molecule has 5 rings (SSSR count). The number of nitrogens with zero attached hydrogens (tertiary/aromatic N) is 2. The first kappa shape index (κ1) is 30.6. The van der Waals surface area contributed by atoms with Crippen LogP contribution >= 0.6 is 0 Å². The fourth-order valence-corrected chi connectivity index (χ4v) is 6.42. The molecule has 0 saturated carbocycles. The van der Waals surface area contributed by atoms with Crippen molar-refractivity contribution < 1.29 is 27.9 Å². The largest absolute Gasteiger partial charge is 0.508 e. The SMILES string of the molecule is CC(=O)N1CCC(NC(=O)C(N)Cc2c(C)cc(O)cc2C)c2cc(CN3CCc4cccc(C(F)(F)F)c4C3)ccc21. The first-order valence-electron chi connectivity index (χ1n) is 14.5. The molecule has 0 aromatic heterocycles. The number of rotatable bonds is 6. The summed E-state index contributed by atoms with van der Waals surface area (Å²) in [6.45, 7) is 6.90. The van der Waals surface area contributed by atoms with Gasteiger partial charge in [0.1, 0.15) is 5.75 Å². The number of benzene rings is 3. The second-order valence-electron chi connectivity index (χ2n) is 11.7. The molecule has 2 unspecified atom stereocenters. The van der Waals surface area contributed by atoms with Crippen molar-refractivity contribution >= 4 is 17.5 Å². The third-order valence-electron chi connectivity index (χ3n) is 8.60. The van der Waals surface area contributed by atoms with Gasteiger partial charge in [0.15, 0.2) is 0 Å². The third kappa shape index (κ3) is 6.55. The van der Waals surface area contributed by atoms with Gasteiger partial charge in [0.25, 0.3) is 0 Å². The first-order valence-corrected chi connectivity index (χ1v) is 14.5. The van der Waals surface area contributed by atoms with Gasteiger partial charge in [-0.1, -0.05) is 24.3 Å². The van der Waals surface area contributed by atoms with E-state index < -0.39 is 17.8 Å².